The number of rotatable bonds is 6. The van der Waals surface area contributed by atoms with E-state index in [2.05, 4.69) is 31.4 Å². The summed E-state index contributed by atoms with van der Waals surface area (Å²) in [6.45, 7) is 13.4. The van der Waals surface area contributed by atoms with Gasteiger partial charge in [-0.05, 0) is 88.7 Å². The van der Waals surface area contributed by atoms with Crippen molar-refractivity contribution < 1.29 is 28.1 Å². The van der Waals surface area contributed by atoms with Crippen LogP contribution in [0.4, 0.5) is 9.59 Å². The van der Waals surface area contributed by atoms with Crippen LogP contribution in [0.5, 0.6) is 0 Å². The molecule has 10 heteroatoms. The lowest BCUT2D eigenvalue weighted by molar-refractivity contribution is -0.199. The molecule has 1 aromatic heterocycles. The zero-order chi connectivity index (χ0) is 29.2. The summed E-state index contributed by atoms with van der Waals surface area (Å²) >= 11 is 0. The molecule has 6 atom stereocenters. The highest BCUT2D eigenvalue weighted by Crippen LogP contribution is 2.65. The van der Waals surface area contributed by atoms with E-state index in [4.69, 9.17) is 18.5 Å². The fraction of sp³-hybridized carbons (Fsp3) is 0.677. The third-order valence-corrected chi connectivity index (χ3v) is 10.1. The summed E-state index contributed by atoms with van der Waals surface area (Å²) in [6, 6.07) is 7.50. The van der Waals surface area contributed by atoms with Gasteiger partial charge in [0, 0.05) is 18.5 Å². The van der Waals surface area contributed by atoms with Crippen LogP contribution in [0.2, 0.25) is 0 Å². The Morgan fingerprint density at radius 2 is 1.98 bits per heavy atom. The van der Waals surface area contributed by atoms with Crippen LogP contribution in [0.15, 0.2) is 34.9 Å². The first-order valence-electron chi connectivity index (χ1n) is 15.2. The first kappa shape index (κ1) is 28.4. The molecule has 2 bridgehead atoms. The molecule has 0 spiro atoms. The van der Waals surface area contributed by atoms with E-state index < -0.39 is 18.7 Å². The van der Waals surface area contributed by atoms with Crippen LogP contribution in [0, 0.1) is 17.3 Å². The van der Waals surface area contributed by atoms with Gasteiger partial charge in [0.2, 0.25) is 0 Å². The Hall–Kier alpha value is -2.72. The predicted octanol–water partition coefficient (Wildman–Crippen LogP) is 5.31. The summed E-state index contributed by atoms with van der Waals surface area (Å²) in [4.78, 5) is 27.8. The molecule has 3 aliphatic carbocycles. The minimum atomic E-state index is -0.579. The highest BCUT2D eigenvalue weighted by molar-refractivity contribution is 6.48. The average molecular weight is 566 g/mol. The molecule has 2 N–H and O–H groups in total. The van der Waals surface area contributed by atoms with Crippen LogP contribution in [0.3, 0.4) is 0 Å². The smallest absolute Gasteiger partial charge is 0.464 e. The van der Waals surface area contributed by atoms with Crippen LogP contribution in [-0.2, 0) is 20.5 Å². The predicted molar refractivity (Wildman–Crippen MR) is 156 cm³/mol. The number of urea groups is 1. The quantitative estimate of drug-likeness (QED) is 0.461. The Morgan fingerprint density at radius 1 is 1.20 bits per heavy atom. The summed E-state index contributed by atoms with van der Waals surface area (Å²) < 4.78 is 24.8. The van der Waals surface area contributed by atoms with Gasteiger partial charge in [-0.25, -0.2) is 9.59 Å². The van der Waals surface area contributed by atoms with Crippen molar-refractivity contribution in [1.29, 1.82) is 0 Å². The topological polar surface area (TPSA) is 102 Å². The summed E-state index contributed by atoms with van der Waals surface area (Å²) in [5.41, 5.74) is 1.09. The maximum Gasteiger partial charge on any atom is 0.482 e. The van der Waals surface area contributed by atoms with E-state index in [-0.39, 0.29) is 35.3 Å². The van der Waals surface area contributed by atoms with Crippen LogP contribution in [0.25, 0.3) is 11.0 Å². The molecule has 3 heterocycles. The van der Waals surface area contributed by atoms with Crippen molar-refractivity contribution in [3.05, 3.63) is 36.1 Å². The van der Waals surface area contributed by atoms with Gasteiger partial charge in [-0.2, -0.15) is 0 Å². The molecule has 3 saturated carbocycles. The van der Waals surface area contributed by atoms with E-state index in [0.29, 0.717) is 31.3 Å². The second-order valence-electron chi connectivity index (χ2n) is 14.2. The van der Waals surface area contributed by atoms with Gasteiger partial charge in [0.25, 0.3) is 0 Å². The Bertz CT molecular complexity index is 1310. The van der Waals surface area contributed by atoms with Gasteiger partial charge in [-0.1, -0.05) is 32.0 Å². The van der Waals surface area contributed by atoms with E-state index in [1.807, 2.05) is 45.0 Å². The highest BCUT2D eigenvalue weighted by Gasteiger charge is 2.68. The third kappa shape index (κ3) is 5.22. The molecule has 0 unspecified atom stereocenters. The number of para-hydroxylation sites is 1. The van der Waals surface area contributed by atoms with Gasteiger partial charge in [0.05, 0.1) is 30.0 Å². The van der Waals surface area contributed by atoms with Crippen LogP contribution >= 0.6 is 0 Å². The normalized spacial score (nSPS) is 31.0. The Labute approximate surface area is 243 Å². The molecule has 0 radical (unpaired) electrons. The largest absolute Gasteiger partial charge is 0.482 e. The number of amides is 3. The first-order valence-corrected chi connectivity index (χ1v) is 15.2. The number of fused-ring (bicyclic) bond motifs is 1. The van der Waals surface area contributed by atoms with Gasteiger partial charge in [-0.3, -0.25) is 0 Å². The number of furan rings is 1. The number of hydrogen-bond acceptors (Lipinski definition) is 6. The lowest BCUT2D eigenvalue weighted by atomic mass is 9.43. The highest BCUT2D eigenvalue weighted by atomic mass is 16.7. The number of carbonyl (C=O) groups excluding carboxylic acids is 2. The van der Waals surface area contributed by atoms with Gasteiger partial charge in [0.1, 0.15) is 11.2 Å². The Kier molecular flexibility index (Phi) is 7.09. The minimum Gasteiger partial charge on any atom is -0.464 e. The average Bonchev–Trinajstić information content (AvgIpc) is 3.62. The molecular formula is C31H44BN3O6. The first-order chi connectivity index (χ1) is 19.3. The van der Waals surface area contributed by atoms with Gasteiger partial charge in [0.15, 0.2) is 0 Å². The van der Waals surface area contributed by atoms with Crippen LogP contribution < -0.4 is 10.6 Å². The van der Waals surface area contributed by atoms with Gasteiger partial charge < -0.3 is 34.0 Å². The summed E-state index contributed by atoms with van der Waals surface area (Å²) in [5.74, 6) is 0.637. The second kappa shape index (κ2) is 10.2. The monoisotopic (exact) mass is 565 g/mol. The molecule has 2 aromatic rings. The van der Waals surface area contributed by atoms with Gasteiger partial charge >= 0.3 is 19.2 Å². The Morgan fingerprint density at radius 3 is 2.73 bits per heavy atom. The minimum absolute atomic E-state index is 0.0126. The molecule has 9 nitrogen and oxygen atoms in total. The van der Waals surface area contributed by atoms with Crippen molar-refractivity contribution in [2.45, 2.75) is 103 Å². The molecule has 7 rings (SSSR count). The molecule has 5 fully saturated rings. The van der Waals surface area contributed by atoms with Crippen molar-refractivity contribution in [2.24, 2.45) is 17.3 Å². The lowest BCUT2D eigenvalue weighted by Gasteiger charge is -2.64. The number of hydrogen-bond donors (Lipinski definition) is 2. The maximum atomic E-state index is 13.3. The molecule has 2 saturated heterocycles. The van der Waals surface area contributed by atoms with Crippen molar-refractivity contribution in [1.82, 2.24) is 15.5 Å². The number of likely N-dealkylation sites (tertiary alicyclic amines) is 1. The van der Waals surface area contributed by atoms with Crippen molar-refractivity contribution >= 4 is 30.2 Å². The van der Waals surface area contributed by atoms with Crippen molar-refractivity contribution in [3.8, 4) is 0 Å². The van der Waals surface area contributed by atoms with E-state index in [0.717, 1.165) is 42.2 Å². The van der Waals surface area contributed by atoms with E-state index in [9.17, 15) is 9.59 Å². The van der Waals surface area contributed by atoms with Crippen LogP contribution in [0.1, 0.15) is 72.8 Å². The number of nitrogens with one attached hydrogen (secondary N) is 2. The zero-order valence-corrected chi connectivity index (χ0v) is 25.2. The summed E-state index contributed by atoms with van der Waals surface area (Å²) in [6.07, 6.45) is 5.78. The Balaban J connectivity index is 1.16. The lowest BCUT2D eigenvalue weighted by Crippen LogP contribution is -2.65. The fourth-order valence-electron chi connectivity index (χ4n) is 7.75. The number of benzene rings is 1. The fourth-order valence-corrected chi connectivity index (χ4v) is 7.75. The standard InChI is InChI=1S/C31H44BN3O6/c1-29(2,3)39-28(37)35-13-9-10-21(35)17-33-27(36)34-26(14-19-18-38-23-12-8-7-11-22(19)23)32-40-25-16-20-15-24(30(20,4)5)31(25,6)41-32/h7-8,11-12,18,20-21,24-26H,9-10,13-17H2,1-6H3,(H2,33,34,36)/t20-,21+,24-,25+,26-,31-/m0/s1. The third-order valence-electron chi connectivity index (χ3n) is 10.1. The number of nitrogens with zero attached hydrogens (tertiary/aromatic N) is 1. The van der Waals surface area contributed by atoms with E-state index >= 15 is 0 Å². The van der Waals surface area contributed by atoms with E-state index in [1.54, 1.807) is 11.2 Å². The zero-order valence-electron chi connectivity index (χ0n) is 25.2. The molecular weight excluding hydrogens is 521 g/mol. The summed E-state index contributed by atoms with van der Waals surface area (Å²) in [7, 11) is -0.579. The van der Waals surface area contributed by atoms with Crippen LogP contribution in [-0.4, -0.2) is 66.5 Å². The van der Waals surface area contributed by atoms with Gasteiger partial charge in [-0.15, -0.1) is 0 Å². The van der Waals surface area contributed by atoms with Crippen molar-refractivity contribution in [2.75, 3.05) is 13.1 Å². The second-order valence-corrected chi connectivity index (χ2v) is 14.2. The maximum absolute atomic E-state index is 13.3. The number of carbonyl (C=O) groups is 2. The molecule has 41 heavy (non-hydrogen) atoms. The molecule has 222 valence electrons. The SMILES string of the molecule is CC(C)(C)OC(=O)N1CCC[C@@H]1CNC(=O)N[C@@H](Cc1coc2ccccc12)B1O[C@@H]2C[C@@H]3C[C@@H](C3(C)C)[C@]2(C)O1. The molecule has 2 aliphatic heterocycles. The van der Waals surface area contributed by atoms with E-state index in [1.165, 1.54) is 0 Å². The summed E-state index contributed by atoms with van der Waals surface area (Å²) in [5, 5.41) is 7.20. The molecule has 1 aromatic carbocycles. The number of ether oxygens (including phenoxy) is 1. The van der Waals surface area contributed by atoms with Crippen molar-refractivity contribution in [3.63, 3.8) is 0 Å². The molecule has 5 aliphatic rings. The molecule has 3 amide bonds.